The Morgan fingerprint density at radius 2 is 1.94 bits per heavy atom. The Hall–Kier alpha value is -4.17. The van der Waals surface area contributed by atoms with Crippen molar-refractivity contribution in [2.45, 2.75) is 19.9 Å². The third-order valence-corrected chi connectivity index (χ3v) is 7.13. The lowest BCUT2D eigenvalue weighted by atomic mass is 9.98. The van der Waals surface area contributed by atoms with Gasteiger partial charge in [0, 0.05) is 0 Å². The van der Waals surface area contributed by atoms with E-state index in [9.17, 15) is 14.7 Å². The van der Waals surface area contributed by atoms with Gasteiger partial charge in [-0.15, -0.1) is 0 Å². The Bertz CT molecular complexity index is 1700. The van der Waals surface area contributed by atoms with Gasteiger partial charge >= 0.3 is 0 Å². The Balaban J connectivity index is 1.63. The molecule has 5 aromatic rings. The van der Waals surface area contributed by atoms with Crippen LogP contribution >= 0.6 is 11.3 Å². The smallest absolute Gasteiger partial charge is 0.297 e. The Morgan fingerprint density at radius 3 is 2.77 bits per heavy atom. The molecule has 0 radical (unpaired) electrons. The zero-order chi connectivity index (χ0) is 24.3. The summed E-state index contributed by atoms with van der Waals surface area (Å²) in [5.74, 6) is -0.182. The summed E-state index contributed by atoms with van der Waals surface area (Å²) in [6, 6.07) is 16.8. The second-order valence-corrected chi connectivity index (χ2v) is 9.38. The fraction of sp³-hybridized carbons (Fsp3) is 0.148. The van der Waals surface area contributed by atoms with Crippen molar-refractivity contribution in [2.24, 2.45) is 0 Å². The van der Waals surface area contributed by atoms with E-state index in [1.54, 1.807) is 36.4 Å². The van der Waals surface area contributed by atoms with Gasteiger partial charge in [0.2, 0.25) is 5.76 Å². The average molecular weight is 485 g/mol. The van der Waals surface area contributed by atoms with Crippen LogP contribution < -0.4 is 15.1 Å². The molecule has 1 aliphatic rings. The molecule has 0 spiro atoms. The number of rotatable bonds is 4. The Labute approximate surface area is 203 Å². The van der Waals surface area contributed by atoms with Crippen LogP contribution in [-0.2, 0) is 0 Å². The monoisotopic (exact) mass is 484 g/mol. The number of phenols is 1. The van der Waals surface area contributed by atoms with E-state index in [2.05, 4.69) is 0 Å². The lowest BCUT2D eigenvalue weighted by molar-refractivity contribution is 0.0971. The number of carbonyl (C=O) groups is 1. The summed E-state index contributed by atoms with van der Waals surface area (Å²) in [6.45, 7) is 4.17. The normalized spacial score (nSPS) is 15.2. The van der Waals surface area contributed by atoms with Crippen molar-refractivity contribution in [3.63, 3.8) is 0 Å². The minimum absolute atomic E-state index is 0.000159. The van der Waals surface area contributed by atoms with Gasteiger partial charge in [-0.3, -0.25) is 14.5 Å². The summed E-state index contributed by atoms with van der Waals surface area (Å²) in [5, 5.41) is 11.1. The summed E-state index contributed by atoms with van der Waals surface area (Å²) in [6.07, 6.45) is 0. The first kappa shape index (κ1) is 21.4. The number of amides is 1. The van der Waals surface area contributed by atoms with E-state index in [-0.39, 0.29) is 28.3 Å². The SMILES string of the molecule is CCOc1cc(C2c3c(oc4ccccc4c3=O)C(=O)N2c2nc3ccc(C)cc3s2)ccc1O. The predicted molar refractivity (Wildman–Crippen MR) is 135 cm³/mol. The van der Waals surface area contributed by atoms with Crippen LogP contribution in [-0.4, -0.2) is 22.6 Å². The first-order valence-corrected chi connectivity index (χ1v) is 12.0. The van der Waals surface area contributed by atoms with Crippen molar-refractivity contribution in [3.05, 3.63) is 93.3 Å². The molecule has 6 rings (SSSR count). The molecule has 1 N–H and O–H groups in total. The van der Waals surface area contributed by atoms with Crippen molar-refractivity contribution in [1.29, 1.82) is 0 Å². The quantitative estimate of drug-likeness (QED) is 0.359. The third-order valence-electron chi connectivity index (χ3n) is 6.12. The maximum absolute atomic E-state index is 13.8. The number of fused-ring (bicyclic) bond motifs is 3. The van der Waals surface area contributed by atoms with Crippen LogP contribution in [0, 0.1) is 6.92 Å². The van der Waals surface area contributed by atoms with E-state index < -0.39 is 11.9 Å². The summed E-state index contributed by atoms with van der Waals surface area (Å²) in [7, 11) is 0. The summed E-state index contributed by atoms with van der Waals surface area (Å²) in [5.41, 5.74) is 2.79. The number of nitrogens with zero attached hydrogens (tertiary/aromatic N) is 2. The maximum Gasteiger partial charge on any atom is 0.297 e. The predicted octanol–water partition coefficient (Wildman–Crippen LogP) is 5.57. The van der Waals surface area contributed by atoms with E-state index in [0.717, 1.165) is 15.8 Å². The number of anilines is 1. The standard InChI is InChI=1S/C27H20N2O5S/c1-3-33-20-13-15(9-11-18(20)30)23-22-24(31)16-6-4-5-7-19(16)34-25(22)26(32)29(23)27-28-17-10-8-14(2)12-21(17)35-27/h4-13,23,30H,3H2,1-2H3. The lowest BCUT2D eigenvalue weighted by Crippen LogP contribution is -2.29. The van der Waals surface area contributed by atoms with E-state index in [1.165, 1.54) is 22.3 Å². The highest BCUT2D eigenvalue weighted by molar-refractivity contribution is 7.22. The van der Waals surface area contributed by atoms with Gasteiger partial charge in [0.15, 0.2) is 22.1 Å². The number of para-hydroxylation sites is 1. The fourth-order valence-electron chi connectivity index (χ4n) is 4.53. The van der Waals surface area contributed by atoms with E-state index >= 15 is 0 Å². The number of aromatic nitrogens is 1. The zero-order valence-electron chi connectivity index (χ0n) is 18.9. The topological polar surface area (TPSA) is 92.9 Å². The highest BCUT2D eigenvalue weighted by atomic mass is 32.1. The molecule has 0 fully saturated rings. The largest absolute Gasteiger partial charge is 0.504 e. The van der Waals surface area contributed by atoms with Gasteiger partial charge in [0.05, 0.1) is 33.8 Å². The molecule has 35 heavy (non-hydrogen) atoms. The molecule has 1 atom stereocenters. The number of aromatic hydroxyl groups is 1. The third kappa shape index (κ3) is 3.29. The Morgan fingerprint density at radius 1 is 1.11 bits per heavy atom. The first-order chi connectivity index (χ1) is 17.0. The van der Waals surface area contributed by atoms with Crippen LogP contribution in [0.25, 0.3) is 21.2 Å². The number of ether oxygens (including phenoxy) is 1. The van der Waals surface area contributed by atoms with Gasteiger partial charge in [-0.1, -0.05) is 35.6 Å². The number of phenolic OH excluding ortho intramolecular Hbond substituents is 1. The molecule has 7 nitrogen and oxygen atoms in total. The highest BCUT2D eigenvalue weighted by Crippen LogP contribution is 2.45. The molecular weight excluding hydrogens is 464 g/mol. The van der Waals surface area contributed by atoms with Crippen LogP contribution in [0.15, 0.2) is 69.9 Å². The maximum atomic E-state index is 13.8. The van der Waals surface area contributed by atoms with Crippen molar-refractivity contribution in [1.82, 2.24) is 4.98 Å². The van der Waals surface area contributed by atoms with Gasteiger partial charge in [0.1, 0.15) is 5.58 Å². The number of hydrogen-bond acceptors (Lipinski definition) is 7. The molecule has 0 bridgehead atoms. The molecule has 2 aromatic heterocycles. The minimum atomic E-state index is -0.792. The second kappa shape index (κ2) is 7.95. The number of benzene rings is 3. The van der Waals surface area contributed by atoms with Crippen molar-refractivity contribution < 1.29 is 19.1 Å². The lowest BCUT2D eigenvalue weighted by Gasteiger charge is -2.23. The Kier molecular flexibility index (Phi) is 4.86. The van der Waals surface area contributed by atoms with Gasteiger partial charge in [-0.05, 0) is 61.4 Å². The molecule has 8 heteroatoms. The van der Waals surface area contributed by atoms with Crippen LogP contribution in [0.1, 0.15) is 40.2 Å². The van der Waals surface area contributed by atoms with Gasteiger partial charge in [-0.25, -0.2) is 4.98 Å². The van der Waals surface area contributed by atoms with E-state index in [4.69, 9.17) is 14.1 Å². The number of aryl methyl sites for hydroxylation is 1. The molecule has 0 saturated heterocycles. The van der Waals surface area contributed by atoms with Crippen molar-refractivity contribution in [2.75, 3.05) is 11.5 Å². The van der Waals surface area contributed by atoms with Gasteiger partial charge in [-0.2, -0.15) is 0 Å². The molecule has 3 aromatic carbocycles. The minimum Gasteiger partial charge on any atom is -0.504 e. The van der Waals surface area contributed by atoms with Gasteiger partial charge < -0.3 is 14.3 Å². The fourth-order valence-corrected chi connectivity index (χ4v) is 5.62. The molecule has 0 aliphatic carbocycles. The molecule has 174 valence electrons. The summed E-state index contributed by atoms with van der Waals surface area (Å²) < 4.78 is 12.5. The average Bonchev–Trinajstić information content (AvgIpc) is 3.39. The molecule has 1 aliphatic heterocycles. The molecule has 0 saturated carbocycles. The molecule has 3 heterocycles. The van der Waals surface area contributed by atoms with E-state index in [1.807, 2.05) is 32.0 Å². The summed E-state index contributed by atoms with van der Waals surface area (Å²) in [4.78, 5) is 33.7. The van der Waals surface area contributed by atoms with Crippen molar-refractivity contribution >= 4 is 43.6 Å². The molecule has 1 amide bonds. The van der Waals surface area contributed by atoms with E-state index in [0.29, 0.717) is 28.3 Å². The molecule has 1 unspecified atom stereocenters. The van der Waals surface area contributed by atoms with Gasteiger partial charge in [0.25, 0.3) is 5.91 Å². The zero-order valence-corrected chi connectivity index (χ0v) is 19.8. The number of thiazole rings is 1. The first-order valence-electron chi connectivity index (χ1n) is 11.2. The number of carbonyl (C=O) groups excluding carboxylic acids is 1. The van der Waals surface area contributed by atoms with Crippen molar-refractivity contribution in [3.8, 4) is 11.5 Å². The highest BCUT2D eigenvalue weighted by Gasteiger charge is 2.45. The van der Waals surface area contributed by atoms with Crippen LogP contribution in [0.2, 0.25) is 0 Å². The molecular formula is C27H20N2O5S. The van der Waals surface area contributed by atoms with Crippen LogP contribution in [0.3, 0.4) is 0 Å². The van der Waals surface area contributed by atoms with Crippen LogP contribution in [0.5, 0.6) is 11.5 Å². The second-order valence-electron chi connectivity index (χ2n) is 8.38. The number of hydrogen-bond donors (Lipinski definition) is 1. The summed E-state index contributed by atoms with van der Waals surface area (Å²) >= 11 is 1.38. The van der Waals surface area contributed by atoms with Crippen LogP contribution in [0.4, 0.5) is 5.13 Å².